The molecule has 0 aliphatic rings. The molecule has 0 fully saturated rings. The van der Waals surface area contributed by atoms with Crippen molar-refractivity contribution in [2.75, 3.05) is 12.4 Å². The summed E-state index contributed by atoms with van der Waals surface area (Å²) < 4.78 is 7.27. The van der Waals surface area contributed by atoms with Gasteiger partial charge in [0.15, 0.2) is 0 Å². The Hall–Kier alpha value is -4.20. The number of benzene rings is 2. The Kier molecular flexibility index (Phi) is 4.89. The van der Waals surface area contributed by atoms with Gasteiger partial charge in [-0.1, -0.05) is 12.1 Å². The molecule has 8 heteroatoms. The highest BCUT2D eigenvalue weighted by molar-refractivity contribution is 6.08. The van der Waals surface area contributed by atoms with Crippen molar-refractivity contribution in [1.82, 2.24) is 9.38 Å². The summed E-state index contributed by atoms with van der Waals surface area (Å²) in [5.41, 5.74) is 3.52. The number of para-hydroxylation sites is 1. The van der Waals surface area contributed by atoms with Gasteiger partial charge in [0.05, 0.1) is 23.4 Å². The molecular formula is C22H18N4O4. The van der Waals surface area contributed by atoms with Crippen LogP contribution in [0.3, 0.4) is 0 Å². The van der Waals surface area contributed by atoms with Crippen LogP contribution >= 0.6 is 0 Å². The van der Waals surface area contributed by atoms with E-state index in [1.807, 2.05) is 41.9 Å². The average Bonchev–Trinajstić information content (AvgIpc) is 3.16. The molecule has 0 unspecified atom stereocenters. The number of ether oxygens (including phenoxy) is 1. The Bertz CT molecular complexity index is 1280. The van der Waals surface area contributed by atoms with Gasteiger partial charge in [0.25, 0.3) is 11.6 Å². The van der Waals surface area contributed by atoms with Crippen molar-refractivity contribution >= 4 is 22.9 Å². The largest absolute Gasteiger partial charge is 0.495 e. The minimum absolute atomic E-state index is 0.0295. The fourth-order valence-electron chi connectivity index (χ4n) is 3.20. The van der Waals surface area contributed by atoms with E-state index in [0.717, 1.165) is 22.5 Å². The highest BCUT2D eigenvalue weighted by Crippen LogP contribution is 2.31. The van der Waals surface area contributed by atoms with Gasteiger partial charge < -0.3 is 14.5 Å². The van der Waals surface area contributed by atoms with Gasteiger partial charge in [0.2, 0.25) is 0 Å². The standard InChI is InChI=1S/C22H18N4O4/c1-14-9-10-25-13-18(23-21(25)11-14)15-7-8-20(30-2)17(12-15)24-22(27)16-5-3-4-6-19(16)26(28)29/h3-13H,1-2H3,(H,24,27). The van der Waals surface area contributed by atoms with Gasteiger partial charge in [-0.05, 0) is 48.9 Å². The molecule has 1 amide bonds. The fourth-order valence-corrected chi connectivity index (χ4v) is 3.20. The van der Waals surface area contributed by atoms with Gasteiger partial charge in [-0.3, -0.25) is 14.9 Å². The second-order valence-electron chi connectivity index (χ2n) is 6.74. The molecule has 30 heavy (non-hydrogen) atoms. The average molecular weight is 402 g/mol. The topological polar surface area (TPSA) is 98.8 Å². The van der Waals surface area contributed by atoms with Gasteiger partial charge in [-0.2, -0.15) is 0 Å². The first-order chi connectivity index (χ1) is 14.5. The summed E-state index contributed by atoms with van der Waals surface area (Å²) in [4.78, 5) is 28.0. The van der Waals surface area contributed by atoms with Crippen LogP contribution in [0, 0.1) is 17.0 Å². The Labute approximate surface area is 171 Å². The second-order valence-corrected chi connectivity index (χ2v) is 6.74. The normalized spacial score (nSPS) is 10.7. The van der Waals surface area contributed by atoms with Crippen LogP contribution in [-0.2, 0) is 0 Å². The van der Waals surface area contributed by atoms with E-state index in [2.05, 4.69) is 10.3 Å². The zero-order chi connectivity index (χ0) is 21.3. The van der Waals surface area contributed by atoms with E-state index in [4.69, 9.17) is 4.74 Å². The van der Waals surface area contributed by atoms with Crippen molar-refractivity contribution in [2.24, 2.45) is 0 Å². The number of rotatable bonds is 5. The predicted molar refractivity (Wildman–Crippen MR) is 113 cm³/mol. The predicted octanol–water partition coefficient (Wildman–Crippen LogP) is 4.48. The minimum atomic E-state index is -0.594. The highest BCUT2D eigenvalue weighted by Gasteiger charge is 2.20. The Morgan fingerprint density at radius 1 is 1.17 bits per heavy atom. The first-order valence-electron chi connectivity index (χ1n) is 9.15. The number of nitrogens with one attached hydrogen (secondary N) is 1. The van der Waals surface area contributed by atoms with Crippen LogP contribution < -0.4 is 10.1 Å². The molecule has 2 aromatic heterocycles. The van der Waals surface area contributed by atoms with E-state index in [1.54, 1.807) is 18.2 Å². The lowest BCUT2D eigenvalue weighted by atomic mass is 10.1. The fraction of sp³-hybridized carbons (Fsp3) is 0.0909. The SMILES string of the molecule is COc1ccc(-c2cn3ccc(C)cc3n2)cc1NC(=O)c1ccccc1[N+](=O)[O-]. The van der Waals surface area contributed by atoms with Gasteiger partial charge in [-0.25, -0.2) is 4.98 Å². The lowest BCUT2D eigenvalue weighted by molar-refractivity contribution is -0.385. The smallest absolute Gasteiger partial charge is 0.282 e. The molecule has 4 rings (SSSR count). The number of imidazole rings is 1. The molecule has 0 aliphatic carbocycles. The first kappa shape index (κ1) is 19.1. The number of nitrogens with zero attached hydrogens (tertiary/aromatic N) is 3. The maximum absolute atomic E-state index is 12.7. The number of amides is 1. The Morgan fingerprint density at radius 2 is 1.97 bits per heavy atom. The lowest BCUT2D eigenvalue weighted by Crippen LogP contribution is -2.14. The third-order valence-electron chi connectivity index (χ3n) is 4.70. The van der Waals surface area contributed by atoms with Gasteiger partial charge >= 0.3 is 0 Å². The summed E-state index contributed by atoms with van der Waals surface area (Å²) in [5.74, 6) is -0.159. The molecule has 2 heterocycles. The van der Waals surface area contributed by atoms with Crippen molar-refractivity contribution in [3.05, 3.63) is 88.2 Å². The highest BCUT2D eigenvalue weighted by atomic mass is 16.6. The van der Waals surface area contributed by atoms with E-state index >= 15 is 0 Å². The molecule has 2 aromatic carbocycles. The van der Waals surface area contributed by atoms with Crippen LogP contribution in [0.25, 0.3) is 16.9 Å². The van der Waals surface area contributed by atoms with Gasteiger partial charge in [0.1, 0.15) is 17.0 Å². The number of nitro groups is 1. The van der Waals surface area contributed by atoms with E-state index in [9.17, 15) is 14.9 Å². The number of pyridine rings is 1. The zero-order valence-electron chi connectivity index (χ0n) is 16.3. The van der Waals surface area contributed by atoms with Crippen molar-refractivity contribution in [3.8, 4) is 17.0 Å². The molecule has 0 saturated heterocycles. The van der Waals surface area contributed by atoms with Crippen LogP contribution in [0.5, 0.6) is 5.75 Å². The van der Waals surface area contributed by atoms with Crippen LogP contribution in [0.15, 0.2) is 67.0 Å². The van der Waals surface area contributed by atoms with Crippen LogP contribution in [0.1, 0.15) is 15.9 Å². The summed E-state index contributed by atoms with van der Waals surface area (Å²) in [6.45, 7) is 2.00. The zero-order valence-corrected chi connectivity index (χ0v) is 16.3. The van der Waals surface area contributed by atoms with Crippen LogP contribution in [0.4, 0.5) is 11.4 Å². The maximum Gasteiger partial charge on any atom is 0.282 e. The molecule has 0 spiro atoms. The van der Waals surface area contributed by atoms with Gasteiger partial charge in [0, 0.05) is 24.0 Å². The molecular weight excluding hydrogens is 384 g/mol. The number of fused-ring (bicyclic) bond motifs is 1. The number of carbonyl (C=O) groups excluding carboxylic acids is 1. The third kappa shape index (κ3) is 3.58. The maximum atomic E-state index is 12.7. The molecule has 4 aromatic rings. The summed E-state index contributed by atoms with van der Waals surface area (Å²) >= 11 is 0. The number of aryl methyl sites for hydroxylation is 1. The van der Waals surface area contributed by atoms with Crippen molar-refractivity contribution < 1.29 is 14.5 Å². The van der Waals surface area contributed by atoms with Crippen LogP contribution in [-0.4, -0.2) is 27.3 Å². The third-order valence-corrected chi connectivity index (χ3v) is 4.70. The number of aromatic nitrogens is 2. The summed E-state index contributed by atoms with van der Waals surface area (Å²) in [6, 6.07) is 15.1. The Balaban J connectivity index is 1.71. The molecule has 1 N–H and O–H groups in total. The quantitative estimate of drug-likeness (QED) is 0.392. The second kappa shape index (κ2) is 7.67. The number of nitro benzene ring substituents is 1. The molecule has 0 saturated carbocycles. The lowest BCUT2D eigenvalue weighted by Gasteiger charge is -2.11. The number of methoxy groups -OCH3 is 1. The first-order valence-corrected chi connectivity index (χ1v) is 9.15. The van der Waals surface area contributed by atoms with Crippen molar-refractivity contribution in [1.29, 1.82) is 0 Å². The molecule has 0 atom stereocenters. The summed E-state index contributed by atoms with van der Waals surface area (Å²) in [6.07, 6.45) is 3.83. The number of hydrogen-bond acceptors (Lipinski definition) is 5. The van der Waals surface area contributed by atoms with E-state index < -0.39 is 10.8 Å². The molecule has 0 bridgehead atoms. The molecule has 0 aliphatic heterocycles. The van der Waals surface area contributed by atoms with E-state index in [-0.39, 0.29) is 11.3 Å². The molecule has 150 valence electrons. The number of carbonyl (C=O) groups is 1. The Morgan fingerprint density at radius 3 is 2.73 bits per heavy atom. The van der Waals surface area contributed by atoms with Gasteiger partial charge in [-0.15, -0.1) is 0 Å². The van der Waals surface area contributed by atoms with E-state index in [1.165, 1.54) is 25.3 Å². The van der Waals surface area contributed by atoms with E-state index in [0.29, 0.717) is 11.4 Å². The summed E-state index contributed by atoms with van der Waals surface area (Å²) in [7, 11) is 1.49. The molecule has 0 radical (unpaired) electrons. The summed E-state index contributed by atoms with van der Waals surface area (Å²) in [5, 5.41) is 14.0. The molecule has 8 nitrogen and oxygen atoms in total. The monoisotopic (exact) mass is 402 g/mol. The van der Waals surface area contributed by atoms with Crippen molar-refractivity contribution in [3.63, 3.8) is 0 Å². The number of anilines is 1. The minimum Gasteiger partial charge on any atom is -0.495 e. The number of hydrogen-bond donors (Lipinski definition) is 1. The van der Waals surface area contributed by atoms with Crippen molar-refractivity contribution in [2.45, 2.75) is 6.92 Å². The van der Waals surface area contributed by atoms with Crippen LogP contribution in [0.2, 0.25) is 0 Å².